The van der Waals surface area contributed by atoms with Crippen molar-refractivity contribution in [3.05, 3.63) is 59.7 Å². The van der Waals surface area contributed by atoms with Crippen LogP contribution in [0.1, 0.15) is 30.9 Å². The monoisotopic (exact) mass is 254 g/mol. The molecule has 0 saturated carbocycles. The summed E-state index contributed by atoms with van der Waals surface area (Å²) in [5, 5.41) is 3.37. The molecular weight excluding hydrogens is 232 g/mol. The maximum Gasteiger partial charge on any atom is 0.0574 e. The molecule has 2 nitrogen and oxygen atoms in total. The Balaban J connectivity index is 1.87. The number of hydrogen-bond donors (Lipinski definition) is 2. The van der Waals surface area contributed by atoms with Crippen LogP contribution in [0.15, 0.2) is 48.5 Å². The van der Waals surface area contributed by atoms with Gasteiger partial charge in [0.25, 0.3) is 0 Å². The second kappa shape index (κ2) is 6.28. The van der Waals surface area contributed by atoms with E-state index in [-0.39, 0.29) is 0 Å². The summed E-state index contributed by atoms with van der Waals surface area (Å²) in [6.07, 6.45) is 1.01. The normalized spacial score (nSPS) is 10.7. The van der Waals surface area contributed by atoms with Crippen molar-refractivity contribution in [3.8, 4) is 0 Å². The molecule has 0 radical (unpaired) electrons. The van der Waals surface area contributed by atoms with E-state index in [0.717, 1.165) is 24.3 Å². The number of para-hydroxylation sites is 2. The lowest BCUT2D eigenvalue weighted by molar-refractivity contribution is 0.864. The zero-order valence-electron chi connectivity index (χ0n) is 11.7. The predicted octanol–water partition coefficient (Wildman–Crippen LogP) is 4.05. The van der Waals surface area contributed by atoms with Crippen LogP contribution in [0, 0.1) is 0 Å². The first-order valence-corrected chi connectivity index (χ1v) is 6.84. The topological polar surface area (TPSA) is 38.0 Å². The van der Waals surface area contributed by atoms with Gasteiger partial charge in [0.1, 0.15) is 0 Å². The Morgan fingerprint density at radius 2 is 1.68 bits per heavy atom. The Morgan fingerprint density at radius 1 is 1.00 bits per heavy atom. The van der Waals surface area contributed by atoms with Gasteiger partial charge in [-0.25, -0.2) is 0 Å². The van der Waals surface area contributed by atoms with Crippen molar-refractivity contribution in [2.75, 3.05) is 17.6 Å². The van der Waals surface area contributed by atoms with Gasteiger partial charge in [-0.15, -0.1) is 0 Å². The fourth-order valence-corrected chi connectivity index (χ4v) is 2.07. The molecule has 3 N–H and O–H groups in total. The number of nitrogens with one attached hydrogen (secondary N) is 1. The van der Waals surface area contributed by atoms with Gasteiger partial charge in [0.05, 0.1) is 11.4 Å². The van der Waals surface area contributed by atoms with Gasteiger partial charge < -0.3 is 11.1 Å². The van der Waals surface area contributed by atoms with E-state index in [2.05, 4.69) is 43.4 Å². The lowest BCUT2D eigenvalue weighted by Crippen LogP contribution is -2.06. The minimum Gasteiger partial charge on any atom is -0.397 e. The van der Waals surface area contributed by atoms with Crippen LogP contribution in [0.2, 0.25) is 0 Å². The minimum atomic E-state index is 0.594. The van der Waals surface area contributed by atoms with E-state index in [1.807, 2.05) is 24.3 Å². The summed E-state index contributed by atoms with van der Waals surface area (Å²) in [6.45, 7) is 5.33. The van der Waals surface area contributed by atoms with Gasteiger partial charge in [-0.05, 0) is 35.6 Å². The Kier molecular flexibility index (Phi) is 4.45. The molecule has 2 rings (SSSR count). The van der Waals surface area contributed by atoms with E-state index in [0.29, 0.717) is 5.92 Å². The highest BCUT2D eigenvalue weighted by molar-refractivity contribution is 5.65. The van der Waals surface area contributed by atoms with Gasteiger partial charge in [0.15, 0.2) is 0 Å². The van der Waals surface area contributed by atoms with Crippen molar-refractivity contribution in [1.82, 2.24) is 0 Å². The molecule has 2 aromatic carbocycles. The summed E-state index contributed by atoms with van der Waals surface area (Å²) in [7, 11) is 0. The molecule has 2 aromatic rings. The third-order valence-corrected chi connectivity index (χ3v) is 3.34. The van der Waals surface area contributed by atoms with E-state index in [1.165, 1.54) is 11.1 Å². The van der Waals surface area contributed by atoms with Crippen molar-refractivity contribution in [2.45, 2.75) is 26.2 Å². The first kappa shape index (κ1) is 13.5. The summed E-state index contributed by atoms with van der Waals surface area (Å²) in [4.78, 5) is 0. The first-order valence-electron chi connectivity index (χ1n) is 6.84. The quantitative estimate of drug-likeness (QED) is 0.790. The van der Waals surface area contributed by atoms with Gasteiger partial charge in [-0.2, -0.15) is 0 Å². The number of hydrogen-bond acceptors (Lipinski definition) is 2. The SMILES string of the molecule is CC(C)c1ccc(CCNc2ccccc2N)cc1. The summed E-state index contributed by atoms with van der Waals surface area (Å²) < 4.78 is 0. The molecule has 0 bridgehead atoms. The zero-order chi connectivity index (χ0) is 13.7. The van der Waals surface area contributed by atoms with Crippen molar-refractivity contribution in [3.63, 3.8) is 0 Å². The van der Waals surface area contributed by atoms with E-state index in [9.17, 15) is 0 Å². The molecule has 0 atom stereocenters. The summed E-state index contributed by atoms with van der Waals surface area (Å²) in [6, 6.07) is 16.7. The summed E-state index contributed by atoms with van der Waals surface area (Å²) in [5.41, 5.74) is 10.5. The fraction of sp³-hybridized carbons (Fsp3) is 0.294. The molecule has 2 heteroatoms. The van der Waals surface area contributed by atoms with Crippen molar-refractivity contribution < 1.29 is 0 Å². The van der Waals surface area contributed by atoms with Crippen LogP contribution in [0.25, 0.3) is 0 Å². The van der Waals surface area contributed by atoms with E-state index < -0.39 is 0 Å². The zero-order valence-corrected chi connectivity index (χ0v) is 11.7. The largest absolute Gasteiger partial charge is 0.397 e. The van der Waals surface area contributed by atoms with Crippen molar-refractivity contribution >= 4 is 11.4 Å². The molecule has 0 amide bonds. The molecule has 100 valence electrons. The molecule has 0 aromatic heterocycles. The third-order valence-electron chi connectivity index (χ3n) is 3.34. The Morgan fingerprint density at radius 3 is 2.32 bits per heavy atom. The molecule has 0 spiro atoms. The first-order chi connectivity index (χ1) is 9.16. The molecule has 19 heavy (non-hydrogen) atoms. The van der Waals surface area contributed by atoms with Gasteiger partial charge in [-0.1, -0.05) is 50.2 Å². The summed E-state index contributed by atoms with van der Waals surface area (Å²) >= 11 is 0. The minimum absolute atomic E-state index is 0.594. The van der Waals surface area contributed by atoms with Crippen molar-refractivity contribution in [1.29, 1.82) is 0 Å². The summed E-state index contributed by atoms with van der Waals surface area (Å²) in [5.74, 6) is 0.594. The molecule has 0 heterocycles. The lowest BCUT2D eigenvalue weighted by atomic mass is 10.0. The average molecular weight is 254 g/mol. The molecule has 0 aliphatic heterocycles. The van der Waals surface area contributed by atoms with Crippen molar-refractivity contribution in [2.24, 2.45) is 0 Å². The van der Waals surface area contributed by atoms with Gasteiger partial charge in [-0.3, -0.25) is 0 Å². The van der Waals surface area contributed by atoms with E-state index in [4.69, 9.17) is 5.73 Å². The molecule has 0 saturated heterocycles. The highest BCUT2D eigenvalue weighted by atomic mass is 14.9. The number of anilines is 2. The van der Waals surface area contributed by atoms with E-state index >= 15 is 0 Å². The van der Waals surface area contributed by atoms with Crippen LogP contribution in [0.5, 0.6) is 0 Å². The van der Waals surface area contributed by atoms with Gasteiger partial charge in [0.2, 0.25) is 0 Å². The standard InChI is InChI=1S/C17H22N2/c1-13(2)15-9-7-14(8-10-15)11-12-19-17-6-4-3-5-16(17)18/h3-10,13,19H,11-12,18H2,1-2H3. The maximum atomic E-state index is 5.89. The Bertz CT molecular complexity index is 515. The molecule has 0 aliphatic carbocycles. The van der Waals surface area contributed by atoms with Gasteiger partial charge >= 0.3 is 0 Å². The third kappa shape index (κ3) is 3.75. The second-order valence-corrected chi connectivity index (χ2v) is 5.16. The average Bonchev–Trinajstić information content (AvgIpc) is 2.41. The molecule has 0 fully saturated rings. The van der Waals surface area contributed by atoms with Crippen LogP contribution < -0.4 is 11.1 Å². The van der Waals surface area contributed by atoms with Crippen LogP contribution in [-0.4, -0.2) is 6.54 Å². The smallest absolute Gasteiger partial charge is 0.0574 e. The maximum absolute atomic E-state index is 5.89. The number of nitrogen functional groups attached to an aromatic ring is 1. The van der Waals surface area contributed by atoms with Crippen LogP contribution in [-0.2, 0) is 6.42 Å². The number of rotatable bonds is 5. The molecular formula is C17H22N2. The second-order valence-electron chi connectivity index (χ2n) is 5.16. The molecule has 0 aliphatic rings. The fourth-order valence-electron chi connectivity index (χ4n) is 2.07. The highest BCUT2D eigenvalue weighted by Crippen LogP contribution is 2.17. The number of benzene rings is 2. The predicted molar refractivity (Wildman–Crippen MR) is 83.6 cm³/mol. The molecule has 0 unspecified atom stereocenters. The van der Waals surface area contributed by atoms with Crippen LogP contribution in [0.3, 0.4) is 0 Å². The highest BCUT2D eigenvalue weighted by Gasteiger charge is 2.00. The van der Waals surface area contributed by atoms with Crippen LogP contribution >= 0.6 is 0 Å². The van der Waals surface area contributed by atoms with Gasteiger partial charge in [0, 0.05) is 6.54 Å². The number of nitrogens with two attached hydrogens (primary N) is 1. The Hall–Kier alpha value is -1.96. The lowest BCUT2D eigenvalue weighted by Gasteiger charge is -2.10. The van der Waals surface area contributed by atoms with E-state index in [1.54, 1.807) is 0 Å². The van der Waals surface area contributed by atoms with Crippen LogP contribution in [0.4, 0.5) is 11.4 Å². The Labute approximate surface area is 115 Å².